The van der Waals surface area contributed by atoms with Crippen LogP contribution in [0.5, 0.6) is 0 Å². The van der Waals surface area contributed by atoms with Crippen molar-refractivity contribution in [3.8, 4) is 0 Å². The lowest BCUT2D eigenvalue weighted by atomic mass is 10.1. The van der Waals surface area contributed by atoms with E-state index in [0.29, 0.717) is 6.42 Å². The molecule has 0 rings (SSSR count). The molecule has 0 saturated heterocycles. The van der Waals surface area contributed by atoms with Gasteiger partial charge in [0, 0.05) is 6.42 Å². The molecule has 160 valence electrons. The molecule has 0 aliphatic heterocycles. The van der Waals surface area contributed by atoms with Crippen molar-refractivity contribution in [1.29, 1.82) is 0 Å². The van der Waals surface area contributed by atoms with Crippen LogP contribution >= 0.6 is 0 Å². The Balaban J connectivity index is 3.08. The zero-order valence-electron chi connectivity index (χ0n) is 18.5. The van der Waals surface area contributed by atoms with Gasteiger partial charge in [-0.2, -0.15) is 0 Å². The van der Waals surface area contributed by atoms with Crippen molar-refractivity contribution in [2.24, 2.45) is 5.73 Å². The average molecular weight is 380 g/mol. The van der Waals surface area contributed by atoms with Crippen molar-refractivity contribution >= 4 is 5.91 Å². The van der Waals surface area contributed by atoms with E-state index in [-0.39, 0.29) is 5.91 Å². The molecule has 0 aliphatic carbocycles. The number of amides is 1. The molecule has 2 nitrogen and oxygen atoms in total. The lowest BCUT2D eigenvalue weighted by Gasteiger charge is -2.01. The summed E-state index contributed by atoms with van der Waals surface area (Å²) in [5, 5.41) is 0. The van der Waals surface area contributed by atoms with Crippen molar-refractivity contribution in [1.82, 2.24) is 0 Å². The molecule has 2 heteroatoms. The molecule has 0 spiro atoms. The van der Waals surface area contributed by atoms with E-state index in [1.807, 2.05) is 0 Å². The van der Waals surface area contributed by atoms with Gasteiger partial charge in [-0.3, -0.25) is 4.79 Å². The Labute approximate surface area is 170 Å². The van der Waals surface area contributed by atoms with Crippen LogP contribution in [0.4, 0.5) is 0 Å². The zero-order valence-corrected chi connectivity index (χ0v) is 18.5. The van der Waals surface area contributed by atoms with Crippen LogP contribution in [0.3, 0.4) is 0 Å². The van der Waals surface area contributed by atoms with Crippen LogP contribution < -0.4 is 5.73 Å². The summed E-state index contributed by atoms with van der Waals surface area (Å²) in [6.45, 7) is 2.29. The molecule has 0 heterocycles. The summed E-state index contributed by atoms with van der Waals surface area (Å²) in [6.07, 6.45) is 32.3. The SMILES string of the molecule is CCCCCCCCCCCCC=CCCCCCCCCCCC(N)=O. The van der Waals surface area contributed by atoms with Gasteiger partial charge >= 0.3 is 0 Å². The fourth-order valence-corrected chi connectivity index (χ4v) is 3.61. The molecular weight excluding hydrogens is 330 g/mol. The Hall–Kier alpha value is -0.790. The second-order valence-electron chi connectivity index (χ2n) is 8.28. The fraction of sp³-hybridized carbons (Fsp3) is 0.880. The number of primary amides is 1. The topological polar surface area (TPSA) is 43.1 Å². The number of carbonyl (C=O) groups excluding carboxylic acids is 1. The minimum Gasteiger partial charge on any atom is -0.370 e. The minimum absolute atomic E-state index is 0.156. The Morgan fingerprint density at radius 1 is 0.556 bits per heavy atom. The molecule has 0 saturated carbocycles. The molecule has 0 aromatic heterocycles. The van der Waals surface area contributed by atoms with Crippen molar-refractivity contribution in [2.45, 2.75) is 142 Å². The average Bonchev–Trinajstić information content (AvgIpc) is 2.65. The predicted molar refractivity (Wildman–Crippen MR) is 121 cm³/mol. The smallest absolute Gasteiger partial charge is 0.217 e. The number of hydrogen-bond donors (Lipinski definition) is 1. The maximum atomic E-state index is 10.6. The lowest BCUT2D eigenvalue weighted by Crippen LogP contribution is -2.09. The highest BCUT2D eigenvalue weighted by molar-refractivity contribution is 5.73. The molecule has 27 heavy (non-hydrogen) atoms. The van der Waals surface area contributed by atoms with E-state index in [4.69, 9.17) is 5.73 Å². The van der Waals surface area contributed by atoms with E-state index in [1.165, 1.54) is 116 Å². The third kappa shape index (κ3) is 25.2. The van der Waals surface area contributed by atoms with Gasteiger partial charge in [-0.25, -0.2) is 0 Å². The van der Waals surface area contributed by atoms with Gasteiger partial charge in [-0.1, -0.05) is 115 Å². The first kappa shape index (κ1) is 26.2. The number of carbonyl (C=O) groups is 1. The maximum Gasteiger partial charge on any atom is 0.217 e. The molecule has 0 atom stereocenters. The summed E-state index contributed by atoms with van der Waals surface area (Å²) in [5.74, 6) is -0.156. The van der Waals surface area contributed by atoms with Crippen LogP contribution in [0.15, 0.2) is 12.2 Å². The van der Waals surface area contributed by atoms with E-state index in [0.717, 1.165) is 12.8 Å². The molecule has 0 fully saturated rings. The molecule has 0 aromatic carbocycles. The summed E-state index contributed by atoms with van der Waals surface area (Å²) in [6, 6.07) is 0. The van der Waals surface area contributed by atoms with Crippen LogP contribution in [-0.4, -0.2) is 5.91 Å². The zero-order chi connectivity index (χ0) is 19.8. The summed E-state index contributed by atoms with van der Waals surface area (Å²) >= 11 is 0. The standard InChI is InChI=1S/C25H49NO/c1-2-3-4-5-6-7-8-9-10-11-12-13-14-15-16-17-18-19-20-21-22-23-24-25(26)27/h13-14H,2-12,15-24H2,1H3,(H2,26,27). The third-order valence-electron chi connectivity index (χ3n) is 5.43. The third-order valence-corrected chi connectivity index (χ3v) is 5.43. The van der Waals surface area contributed by atoms with Gasteiger partial charge in [0.1, 0.15) is 0 Å². The van der Waals surface area contributed by atoms with Gasteiger partial charge in [-0.05, 0) is 32.1 Å². The van der Waals surface area contributed by atoms with Crippen molar-refractivity contribution < 1.29 is 4.79 Å². The molecule has 0 aliphatic rings. The molecule has 0 radical (unpaired) electrons. The lowest BCUT2D eigenvalue weighted by molar-refractivity contribution is -0.118. The summed E-state index contributed by atoms with van der Waals surface area (Å²) in [5.41, 5.74) is 5.14. The van der Waals surface area contributed by atoms with Crippen LogP contribution in [-0.2, 0) is 4.79 Å². The number of allylic oxidation sites excluding steroid dienone is 2. The Bertz CT molecular complexity index is 324. The van der Waals surface area contributed by atoms with Crippen molar-refractivity contribution in [3.05, 3.63) is 12.2 Å². The molecule has 1 amide bonds. The van der Waals surface area contributed by atoms with Crippen molar-refractivity contribution in [2.75, 3.05) is 0 Å². The molecule has 0 unspecified atom stereocenters. The van der Waals surface area contributed by atoms with E-state index in [1.54, 1.807) is 0 Å². The van der Waals surface area contributed by atoms with Crippen LogP contribution in [0, 0.1) is 0 Å². The number of nitrogens with two attached hydrogens (primary N) is 1. The number of unbranched alkanes of at least 4 members (excludes halogenated alkanes) is 18. The number of rotatable bonds is 22. The first-order chi connectivity index (χ1) is 13.3. The summed E-state index contributed by atoms with van der Waals surface area (Å²) < 4.78 is 0. The van der Waals surface area contributed by atoms with Gasteiger partial charge in [0.25, 0.3) is 0 Å². The second kappa shape index (κ2) is 23.2. The quantitative estimate of drug-likeness (QED) is 0.149. The highest BCUT2D eigenvalue weighted by Gasteiger charge is 1.95. The Kier molecular flexibility index (Phi) is 22.6. The Morgan fingerprint density at radius 2 is 0.889 bits per heavy atom. The molecule has 0 bridgehead atoms. The minimum atomic E-state index is -0.156. The normalized spacial score (nSPS) is 11.4. The van der Waals surface area contributed by atoms with Gasteiger partial charge < -0.3 is 5.73 Å². The second-order valence-corrected chi connectivity index (χ2v) is 8.28. The maximum absolute atomic E-state index is 10.6. The van der Waals surface area contributed by atoms with E-state index in [9.17, 15) is 4.79 Å². The van der Waals surface area contributed by atoms with E-state index in [2.05, 4.69) is 19.1 Å². The van der Waals surface area contributed by atoms with Crippen LogP contribution in [0.1, 0.15) is 142 Å². The highest BCUT2D eigenvalue weighted by atomic mass is 16.1. The van der Waals surface area contributed by atoms with Gasteiger partial charge in [-0.15, -0.1) is 0 Å². The fourth-order valence-electron chi connectivity index (χ4n) is 3.61. The van der Waals surface area contributed by atoms with E-state index < -0.39 is 0 Å². The largest absolute Gasteiger partial charge is 0.370 e. The van der Waals surface area contributed by atoms with Gasteiger partial charge in [0.15, 0.2) is 0 Å². The van der Waals surface area contributed by atoms with Gasteiger partial charge in [0.05, 0.1) is 0 Å². The first-order valence-corrected chi connectivity index (χ1v) is 12.2. The highest BCUT2D eigenvalue weighted by Crippen LogP contribution is 2.13. The molecule has 0 aromatic rings. The predicted octanol–water partition coefficient (Wildman–Crippen LogP) is 8.24. The van der Waals surface area contributed by atoms with E-state index >= 15 is 0 Å². The summed E-state index contributed by atoms with van der Waals surface area (Å²) in [4.78, 5) is 10.6. The van der Waals surface area contributed by atoms with Crippen LogP contribution in [0.25, 0.3) is 0 Å². The first-order valence-electron chi connectivity index (χ1n) is 12.2. The van der Waals surface area contributed by atoms with Gasteiger partial charge in [0.2, 0.25) is 5.91 Å². The monoisotopic (exact) mass is 379 g/mol. The number of hydrogen-bond acceptors (Lipinski definition) is 1. The summed E-state index contributed by atoms with van der Waals surface area (Å²) in [7, 11) is 0. The molecular formula is C25H49NO. The molecule has 2 N–H and O–H groups in total. The van der Waals surface area contributed by atoms with Crippen LogP contribution in [0.2, 0.25) is 0 Å². The van der Waals surface area contributed by atoms with Crippen molar-refractivity contribution in [3.63, 3.8) is 0 Å². The Morgan fingerprint density at radius 3 is 1.26 bits per heavy atom.